The van der Waals surface area contributed by atoms with E-state index in [1.807, 2.05) is 24.3 Å². The molecular formula is C36H48IN3O4S. The third-order valence-electron chi connectivity index (χ3n) is 9.56. The number of thiophene rings is 1. The van der Waals surface area contributed by atoms with Crippen molar-refractivity contribution in [2.75, 3.05) is 50.8 Å². The summed E-state index contributed by atoms with van der Waals surface area (Å²) >= 11 is 1.78. The minimum atomic E-state index is -0.356. The van der Waals surface area contributed by atoms with Gasteiger partial charge in [0, 0.05) is 27.9 Å². The average Bonchev–Trinajstić information content (AvgIpc) is 3.53. The van der Waals surface area contributed by atoms with Crippen molar-refractivity contribution in [1.29, 1.82) is 0 Å². The number of pyridine rings is 1. The highest BCUT2D eigenvalue weighted by atomic mass is 127. The zero-order valence-electron chi connectivity index (χ0n) is 27.0. The predicted molar refractivity (Wildman–Crippen MR) is 182 cm³/mol. The lowest BCUT2D eigenvalue weighted by molar-refractivity contribution is -0.922. The molecule has 1 N–H and O–H groups in total. The van der Waals surface area contributed by atoms with Gasteiger partial charge in [-0.3, -0.25) is 4.79 Å². The summed E-state index contributed by atoms with van der Waals surface area (Å²) < 4.78 is 14.5. The monoisotopic (exact) mass is 745 g/mol. The van der Waals surface area contributed by atoms with Crippen molar-refractivity contribution in [3.63, 3.8) is 0 Å². The molecule has 0 spiro atoms. The summed E-state index contributed by atoms with van der Waals surface area (Å²) in [4.78, 5) is 30.7. The number of nitrogens with one attached hydrogen (secondary N) is 1. The molecule has 1 saturated heterocycles. The third kappa shape index (κ3) is 8.80. The molecule has 7 nitrogen and oxygen atoms in total. The predicted octanol–water partition coefficient (Wildman–Crippen LogP) is 4.54. The lowest BCUT2D eigenvalue weighted by Gasteiger charge is -2.45. The van der Waals surface area contributed by atoms with E-state index >= 15 is 0 Å². The van der Waals surface area contributed by atoms with E-state index in [1.54, 1.807) is 11.3 Å². The van der Waals surface area contributed by atoms with Crippen LogP contribution in [0.5, 0.6) is 5.75 Å². The van der Waals surface area contributed by atoms with Crippen LogP contribution in [0.25, 0.3) is 21.0 Å². The molecule has 1 aliphatic heterocycles. The molecule has 5 rings (SSSR count). The van der Waals surface area contributed by atoms with E-state index in [2.05, 4.69) is 60.3 Å². The second-order valence-electron chi connectivity index (χ2n) is 12.4. The molecule has 0 unspecified atom stereocenters. The van der Waals surface area contributed by atoms with Crippen molar-refractivity contribution < 1.29 is 42.7 Å². The Labute approximate surface area is 288 Å². The Morgan fingerprint density at radius 2 is 1.78 bits per heavy atom. The van der Waals surface area contributed by atoms with Gasteiger partial charge in [0.2, 0.25) is 5.56 Å². The van der Waals surface area contributed by atoms with Gasteiger partial charge in [0.15, 0.2) is 6.54 Å². The number of quaternary nitrogens is 1. The number of aromatic amines is 1. The van der Waals surface area contributed by atoms with Gasteiger partial charge in [-0.1, -0.05) is 33.3 Å². The second-order valence-corrected chi connectivity index (χ2v) is 13.3. The molecule has 3 heterocycles. The smallest absolute Gasteiger partial charge is 0.362 e. The van der Waals surface area contributed by atoms with Gasteiger partial charge in [0.1, 0.15) is 11.4 Å². The van der Waals surface area contributed by atoms with Crippen LogP contribution in [-0.2, 0) is 9.53 Å². The Bertz CT molecular complexity index is 1590. The van der Waals surface area contributed by atoms with Crippen LogP contribution in [0.3, 0.4) is 0 Å². The van der Waals surface area contributed by atoms with Crippen LogP contribution in [-0.4, -0.2) is 66.9 Å². The maximum atomic E-state index is 13.6. The van der Waals surface area contributed by atoms with Gasteiger partial charge in [0.25, 0.3) is 0 Å². The number of unbranched alkanes of at least 4 members (excludes halogenated alkanes) is 2. The van der Waals surface area contributed by atoms with Crippen molar-refractivity contribution in [1.82, 2.24) is 4.98 Å². The van der Waals surface area contributed by atoms with E-state index in [9.17, 15) is 9.59 Å². The molecule has 2 aromatic heterocycles. The molecule has 1 fully saturated rings. The summed E-state index contributed by atoms with van der Waals surface area (Å²) in [6, 6.07) is 18.0. The number of aromatic nitrogens is 1. The number of halogens is 1. The number of benzene rings is 2. The van der Waals surface area contributed by atoms with Gasteiger partial charge in [-0.15, -0.1) is 11.3 Å². The number of rotatable bonds is 15. The highest BCUT2D eigenvalue weighted by molar-refractivity contribution is 7.17. The second kappa shape index (κ2) is 16.3. The van der Waals surface area contributed by atoms with Gasteiger partial charge in [-0.2, -0.15) is 0 Å². The number of H-pyrrole nitrogens is 1. The third-order valence-corrected chi connectivity index (χ3v) is 10.4. The van der Waals surface area contributed by atoms with Gasteiger partial charge >= 0.3 is 5.97 Å². The molecule has 45 heavy (non-hydrogen) atoms. The van der Waals surface area contributed by atoms with Crippen LogP contribution in [0.15, 0.2) is 64.8 Å². The van der Waals surface area contributed by atoms with Crippen molar-refractivity contribution in [2.24, 2.45) is 0 Å². The molecule has 0 saturated carbocycles. The summed E-state index contributed by atoms with van der Waals surface area (Å²) in [6.07, 6.45) is 6.67. The molecular weight excluding hydrogens is 697 g/mol. The lowest BCUT2D eigenvalue weighted by atomic mass is 9.91. The maximum absolute atomic E-state index is 13.6. The van der Waals surface area contributed by atoms with Crippen LogP contribution in [0.4, 0.5) is 5.69 Å². The number of carbonyl (C=O) groups excluding carboxylic acids is 1. The number of hydrogen-bond acceptors (Lipinski definition) is 6. The fourth-order valence-corrected chi connectivity index (χ4v) is 7.46. The van der Waals surface area contributed by atoms with E-state index in [0.717, 1.165) is 98.8 Å². The van der Waals surface area contributed by atoms with Crippen LogP contribution in [0.2, 0.25) is 0 Å². The molecule has 0 bridgehead atoms. The first-order valence-electron chi connectivity index (χ1n) is 16.4. The molecule has 1 aliphatic rings. The van der Waals surface area contributed by atoms with E-state index in [4.69, 9.17) is 9.47 Å². The highest BCUT2D eigenvalue weighted by Crippen LogP contribution is 2.33. The van der Waals surface area contributed by atoms with E-state index < -0.39 is 0 Å². The molecule has 4 aromatic rings. The number of fused-ring (bicyclic) bond motifs is 2. The molecule has 2 aromatic carbocycles. The Morgan fingerprint density at radius 3 is 2.53 bits per heavy atom. The van der Waals surface area contributed by atoms with Gasteiger partial charge in [0.05, 0.1) is 44.8 Å². The summed E-state index contributed by atoms with van der Waals surface area (Å²) in [5.41, 5.74) is 1.61. The van der Waals surface area contributed by atoms with Crippen molar-refractivity contribution in [3.8, 4) is 5.75 Å². The Morgan fingerprint density at radius 1 is 1.00 bits per heavy atom. The van der Waals surface area contributed by atoms with Crippen LogP contribution in [0, 0.1) is 0 Å². The van der Waals surface area contributed by atoms with Crippen molar-refractivity contribution >= 4 is 44.0 Å². The Kier molecular flexibility index (Phi) is 12.7. The molecule has 0 radical (unpaired) electrons. The zero-order chi connectivity index (χ0) is 31.0. The van der Waals surface area contributed by atoms with Crippen LogP contribution >= 0.6 is 11.3 Å². The van der Waals surface area contributed by atoms with Gasteiger partial charge in [-0.05, 0) is 85.7 Å². The van der Waals surface area contributed by atoms with E-state index in [-0.39, 0.29) is 41.1 Å². The fraction of sp³-hybridized carbons (Fsp3) is 0.500. The molecule has 9 heteroatoms. The van der Waals surface area contributed by atoms with Gasteiger partial charge < -0.3 is 47.8 Å². The number of piperazine rings is 1. The van der Waals surface area contributed by atoms with Crippen molar-refractivity contribution in [2.45, 2.75) is 71.3 Å². The van der Waals surface area contributed by atoms with Crippen LogP contribution < -0.4 is 39.2 Å². The first kappa shape index (κ1) is 35.2. The lowest BCUT2D eigenvalue weighted by Crippen LogP contribution is -3.00. The SMILES string of the molecule is CCCCC(CC)(CC)OC(=O)C[N+]1(CCCCOc2ccc3ccc(=O)[nH]c3c2)CCN(c2cccc3sccc23)CC1.[I-]. The fourth-order valence-electron chi connectivity index (χ4n) is 6.65. The Balaban J connectivity index is 0.00000461. The summed E-state index contributed by atoms with van der Waals surface area (Å²) in [5, 5.41) is 4.47. The number of ether oxygens (including phenoxy) is 2. The molecule has 0 atom stereocenters. The number of anilines is 1. The standard InChI is InChI=1S/C36H47N3O4S.HI/c1-4-7-18-36(5-2,6-3)43-35(41)27-39(22-19-38(20-23-39)32-11-10-12-33-30(32)17-25-44-33)21-8-9-24-42-29-15-13-28-14-16-34(40)37-31(28)26-29;/h10-17,25-26H,4-9,18-24,27H2,1-3H3;1H. The van der Waals surface area contributed by atoms with E-state index in [1.165, 1.54) is 21.8 Å². The minimum Gasteiger partial charge on any atom is -1.00 e. The number of nitrogens with zero attached hydrogens (tertiary/aromatic N) is 2. The summed E-state index contributed by atoms with van der Waals surface area (Å²) in [7, 11) is 0. The van der Waals surface area contributed by atoms with E-state index in [0.29, 0.717) is 13.2 Å². The number of esters is 1. The summed E-state index contributed by atoms with van der Waals surface area (Å²) in [6.45, 7) is 12.1. The zero-order valence-corrected chi connectivity index (χ0v) is 30.0. The topological polar surface area (TPSA) is 71.6 Å². The molecule has 0 amide bonds. The largest absolute Gasteiger partial charge is 1.00 e. The average molecular weight is 746 g/mol. The van der Waals surface area contributed by atoms with Gasteiger partial charge in [-0.25, -0.2) is 4.79 Å². The number of carbonyl (C=O) groups is 1. The molecule has 0 aliphatic carbocycles. The molecule has 244 valence electrons. The highest BCUT2D eigenvalue weighted by Gasteiger charge is 2.38. The summed E-state index contributed by atoms with van der Waals surface area (Å²) in [5.74, 6) is 0.699. The quantitative estimate of drug-likeness (QED) is 0.0839. The van der Waals surface area contributed by atoms with Crippen LogP contribution in [0.1, 0.15) is 65.7 Å². The first-order chi connectivity index (χ1) is 21.4. The Hall–Kier alpha value is -2.63. The maximum Gasteiger partial charge on any atom is 0.362 e. The first-order valence-corrected chi connectivity index (χ1v) is 17.3. The normalized spacial score (nSPS) is 14.8. The minimum absolute atomic E-state index is 0. The number of hydrogen-bond donors (Lipinski definition) is 1. The van der Waals surface area contributed by atoms with Crippen molar-refractivity contribution in [3.05, 3.63) is 70.3 Å².